The molecule has 2 aliphatic rings. The molecule has 9 aromatic rings. The molecule has 5 heteroatoms. The summed E-state index contributed by atoms with van der Waals surface area (Å²) in [5.41, 5.74) is 30.0. The van der Waals surface area contributed by atoms with Gasteiger partial charge in [0.1, 0.15) is 11.2 Å². The van der Waals surface area contributed by atoms with E-state index in [2.05, 4.69) is 214 Å². The standard InChI is InChI=1S/C60H46N4O/c1-35-31-37(3)56(38(4)32-35)59-52-27-23-48(63-52)46-21-25-50(61-46)58(45-19-15-42(16-20-45)12-11-41-13-17-44(18-14-41)43-9-7-8-10-43)51-26-22-47(62-51)49-24-28-53(64-49)60(55-30-29-54(59)65-55)57-39(5)33-36(2)34-40(57)6/h7-9,13-34,61,63-64H,1-6H3. The van der Waals surface area contributed by atoms with Crippen LogP contribution in [0.1, 0.15) is 61.5 Å². The van der Waals surface area contributed by atoms with Crippen molar-refractivity contribution in [3.63, 3.8) is 0 Å². The number of H-pyrrole nitrogens is 3. The van der Waals surface area contributed by atoms with Crippen LogP contribution in [0, 0.1) is 53.4 Å². The van der Waals surface area contributed by atoms with Gasteiger partial charge in [-0.15, -0.1) is 5.73 Å². The highest BCUT2D eigenvalue weighted by Crippen LogP contribution is 2.40. The zero-order valence-electron chi connectivity index (χ0n) is 37.3. The molecular formula is C60H46N4O. The largest absolute Gasteiger partial charge is 0.456 e. The van der Waals surface area contributed by atoms with Crippen molar-refractivity contribution in [2.45, 2.75) is 41.5 Å². The van der Waals surface area contributed by atoms with Gasteiger partial charge < -0.3 is 19.4 Å². The van der Waals surface area contributed by atoms with Crippen molar-refractivity contribution in [1.29, 1.82) is 0 Å². The molecule has 5 aromatic heterocycles. The van der Waals surface area contributed by atoms with Crippen molar-refractivity contribution in [1.82, 2.24) is 19.9 Å². The molecule has 0 fully saturated rings. The lowest BCUT2D eigenvalue weighted by Crippen LogP contribution is -1.91. The Kier molecular flexibility index (Phi) is 9.62. The maximum Gasteiger partial charge on any atom is 0.137 e. The van der Waals surface area contributed by atoms with Gasteiger partial charge in [-0.25, -0.2) is 4.98 Å². The fourth-order valence-electron chi connectivity index (χ4n) is 9.82. The monoisotopic (exact) mass is 838 g/mol. The van der Waals surface area contributed by atoms with Crippen molar-refractivity contribution >= 4 is 62.0 Å². The Morgan fingerprint density at radius 3 is 1.38 bits per heavy atom. The molecule has 3 N–H and O–H groups in total. The number of benzene rings is 4. The number of hydrogen-bond donors (Lipinski definition) is 3. The Hall–Kier alpha value is -8.29. The average Bonchev–Trinajstić information content (AvgIpc) is 4.15. The van der Waals surface area contributed by atoms with Crippen molar-refractivity contribution in [2.24, 2.45) is 0 Å². The highest BCUT2D eigenvalue weighted by Gasteiger charge is 2.19. The zero-order valence-corrected chi connectivity index (χ0v) is 37.3. The molecule has 4 aromatic carbocycles. The lowest BCUT2D eigenvalue weighted by molar-refractivity contribution is 0.668. The van der Waals surface area contributed by atoms with Crippen LogP contribution in [0.25, 0.3) is 95.4 Å². The van der Waals surface area contributed by atoms with Crippen LogP contribution >= 0.6 is 0 Å². The van der Waals surface area contributed by atoms with E-state index in [1.54, 1.807) is 0 Å². The average molecular weight is 839 g/mol. The summed E-state index contributed by atoms with van der Waals surface area (Å²) in [6.07, 6.45) is 10.2. The summed E-state index contributed by atoms with van der Waals surface area (Å²) >= 11 is 0. The molecule has 0 unspecified atom stereocenters. The number of furan rings is 1. The molecule has 0 saturated heterocycles. The first-order valence-corrected chi connectivity index (χ1v) is 22.1. The lowest BCUT2D eigenvalue weighted by atomic mass is 9.93. The number of aromatic amines is 3. The Bertz CT molecular complexity index is 3750. The number of rotatable bonds is 4. The number of fused-ring (bicyclic) bond motifs is 12. The molecule has 6 heterocycles. The highest BCUT2D eigenvalue weighted by molar-refractivity contribution is 6.00. The van der Waals surface area contributed by atoms with Gasteiger partial charge in [-0.3, -0.25) is 0 Å². The van der Waals surface area contributed by atoms with Crippen LogP contribution in [0.4, 0.5) is 0 Å². The quantitative estimate of drug-likeness (QED) is 0.122. The van der Waals surface area contributed by atoms with Crippen LogP contribution in [0.5, 0.6) is 0 Å². The molecule has 1 aliphatic heterocycles. The molecule has 5 nitrogen and oxygen atoms in total. The van der Waals surface area contributed by atoms with E-state index in [9.17, 15) is 0 Å². The molecule has 0 radical (unpaired) electrons. The van der Waals surface area contributed by atoms with Gasteiger partial charge in [-0.1, -0.05) is 77.6 Å². The smallest absolute Gasteiger partial charge is 0.137 e. The van der Waals surface area contributed by atoms with Crippen LogP contribution in [0.2, 0.25) is 0 Å². The second kappa shape index (κ2) is 15.8. The van der Waals surface area contributed by atoms with Crippen molar-refractivity contribution < 1.29 is 4.42 Å². The Balaban J connectivity index is 1.14. The molecule has 65 heavy (non-hydrogen) atoms. The van der Waals surface area contributed by atoms with Crippen molar-refractivity contribution in [3.05, 3.63) is 207 Å². The van der Waals surface area contributed by atoms with E-state index in [4.69, 9.17) is 9.40 Å². The normalized spacial score (nSPS) is 12.3. The maximum absolute atomic E-state index is 7.11. The third kappa shape index (κ3) is 7.27. The summed E-state index contributed by atoms with van der Waals surface area (Å²) in [7, 11) is 0. The van der Waals surface area contributed by atoms with Crippen molar-refractivity contribution in [2.75, 3.05) is 0 Å². The first-order chi connectivity index (χ1) is 31.6. The molecule has 1 aliphatic carbocycles. The minimum Gasteiger partial charge on any atom is -0.456 e. The van der Waals surface area contributed by atoms with E-state index < -0.39 is 0 Å². The summed E-state index contributed by atoms with van der Waals surface area (Å²) in [4.78, 5) is 16.7. The number of aromatic nitrogens is 4. The van der Waals surface area contributed by atoms with Gasteiger partial charge in [-0.05, 0) is 183 Å². The molecular weight excluding hydrogens is 793 g/mol. The molecule has 0 saturated carbocycles. The molecule has 11 rings (SSSR count). The van der Waals surface area contributed by atoms with Gasteiger partial charge in [0, 0.05) is 38.9 Å². The minimum absolute atomic E-state index is 0.788. The minimum atomic E-state index is 0.788. The summed E-state index contributed by atoms with van der Waals surface area (Å²) in [6.45, 7) is 13.1. The van der Waals surface area contributed by atoms with E-state index in [1.165, 1.54) is 33.4 Å². The molecule has 312 valence electrons. The fourth-order valence-corrected chi connectivity index (χ4v) is 9.82. The summed E-state index contributed by atoms with van der Waals surface area (Å²) in [5.74, 6) is 6.73. The number of hydrogen-bond acceptors (Lipinski definition) is 2. The van der Waals surface area contributed by atoms with Gasteiger partial charge in [0.15, 0.2) is 0 Å². The van der Waals surface area contributed by atoms with Crippen molar-refractivity contribution in [3.8, 4) is 45.2 Å². The van der Waals surface area contributed by atoms with Crippen LogP contribution in [0.3, 0.4) is 0 Å². The van der Waals surface area contributed by atoms with E-state index in [0.29, 0.717) is 0 Å². The first-order valence-electron chi connectivity index (χ1n) is 22.1. The lowest BCUT2D eigenvalue weighted by Gasteiger charge is -2.13. The van der Waals surface area contributed by atoms with Crippen LogP contribution in [0.15, 0.2) is 150 Å². The van der Waals surface area contributed by atoms with Gasteiger partial charge in [0.2, 0.25) is 0 Å². The SMILES string of the molecule is Cc1cc(C)c(-c2c3ccc([nH]3)c3nc(c(-c4ccc(C#Cc5ccc(C6=C=CC=C6)cc5)cc4)c4ccc([nH]4)c4ccc([nH]4)c(-c4c(C)cc(C)cc4C)c4ccc2o4)C=C3)c(C)c1. The topological polar surface area (TPSA) is 73.4 Å². The van der Waals surface area contributed by atoms with E-state index in [0.717, 1.165) is 111 Å². The second-order valence-corrected chi connectivity index (χ2v) is 17.4. The predicted molar refractivity (Wildman–Crippen MR) is 272 cm³/mol. The number of aryl methyl sites for hydroxylation is 6. The Morgan fingerprint density at radius 1 is 0.431 bits per heavy atom. The predicted octanol–water partition coefficient (Wildman–Crippen LogP) is 15.4. The molecule has 0 atom stereocenters. The highest BCUT2D eigenvalue weighted by atomic mass is 16.3. The van der Waals surface area contributed by atoms with Crippen LogP contribution in [-0.4, -0.2) is 19.9 Å². The third-order valence-electron chi connectivity index (χ3n) is 12.6. The zero-order chi connectivity index (χ0) is 44.3. The first kappa shape index (κ1) is 39.5. The van der Waals surface area contributed by atoms with Gasteiger partial charge >= 0.3 is 0 Å². The van der Waals surface area contributed by atoms with Gasteiger partial charge in [0.25, 0.3) is 0 Å². The Morgan fingerprint density at radius 2 is 0.877 bits per heavy atom. The maximum atomic E-state index is 7.11. The van der Waals surface area contributed by atoms with Crippen LogP contribution in [-0.2, 0) is 0 Å². The summed E-state index contributed by atoms with van der Waals surface area (Å²) in [5, 5.41) is 0. The number of allylic oxidation sites excluding steroid dienone is 3. The molecule has 0 spiro atoms. The molecule has 10 bridgehead atoms. The fraction of sp³-hybridized carbons (Fsp3) is 0.100. The summed E-state index contributed by atoms with van der Waals surface area (Å²) < 4.78 is 7.11. The Labute approximate surface area is 378 Å². The van der Waals surface area contributed by atoms with E-state index in [1.807, 2.05) is 12.2 Å². The number of nitrogens with zero attached hydrogens (tertiary/aromatic N) is 1. The number of nitrogens with one attached hydrogen (secondary N) is 3. The van der Waals surface area contributed by atoms with E-state index in [-0.39, 0.29) is 0 Å². The second-order valence-electron chi connectivity index (χ2n) is 17.4. The molecule has 0 amide bonds. The summed E-state index contributed by atoms with van der Waals surface area (Å²) in [6, 6.07) is 43.0. The van der Waals surface area contributed by atoms with Gasteiger partial charge in [0.05, 0.1) is 39.0 Å². The van der Waals surface area contributed by atoms with Crippen LogP contribution < -0.4 is 0 Å². The van der Waals surface area contributed by atoms with E-state index >= 15 is 0 Å². The third-order valence-corrected chi connectivity index (χ3v) is 12.6. The van der Waals surface area contributed by atoms with Gasteiger partial charge in [-0.2, -0.15) is 0 Å².